The third kappa shape index (κ3) is 4.94. The van der Waals surface area contributed by atoms with Crippen molar-refractivity contribution < 1.29 is 14.6 Å². The van der Waals surface area contributed by atoms with Crippen molar-refractivity contribution in [3.8, 4) is 5.75 Å². The molecular weight excluding hydrogens is 338 g/mol. The molecule has 140 valence electrons. The maximum absolute atomic E-state index is 10.1. The van der Waals surface area contributed by atoms with Gasteiger partial charge in [0.15, 0.2) is 0 Å². The second-order valence-corrected chi connectivity index (χ2v) is 6.50. The molecule has 1 aromatic heterocycles. The second kappa shape index (κ2) is 9.31. The van der Waals surface area contributed by atoms with E-state index in [0.717, 1.165) is 40.8 Å². The number of methoxy groups -OCH3 is 1. The molecule has 0 bridgehead atoms. The number of ether oxygens (including phenoxy) is 2. The molecule has 4 heteroatoms. The Morgan fingerprint density at radius 1 is 1.30 bits per heavy atom. The molecule has 1 aliphatic heterocycles. The molecular formula is C23H25NO3. The number of benzene rings is 1. The SMILES string of the molecule is C=C(COC)C1=CCOC1CC/C(=C/c1ccccc1O)c1ccccn1. The Hall–Kier alpha value is -2.69. The normalized spacial score (nSPS) is 17.0. The van der Waals surface area contributed by atoms with E-state index in [0.29, 0.717) is 13.2 Å². The molecule has 2 aromatic rings. The van der Waals surface area contributed by atoms with Gasteiger partial charge in [0.1, 0.15) is 5.75 Å². The summed E-state index contributed by atoms with van der Waals surface area (Å²) < 4.78 is 11.1. The van der Waals surface area contributed by atoms with Crippen molar-refractivity contribution in [2.24, 2.45) is 0 Å². The van der Waals surface area contributed by atoms with E-state index in [1.54, 1.807) is 19.4 Å². The molecule has 0 fully saturated rings. The average molecular weight is 363 g/mol. The van der Waals surface area contributed by atoms with Gasteiger partial charge in [0, 0.05) is 18.9 Å². The summed E-state index contributed by atoms with van der Waals surface area (Å²) in [5.74, 6) is 0.261. The summed E-state index contributed by atoms with van der Waals surface area (Å²) in [6.45, 7) is 5.22. The quantitative estimate of drug-likeness (QED) is 0.743. The number of nitrogens with zero attached hydrogens (tertiary/aromatic N) is 1. The topological polar surface area (TPSA) is 51.6 Å². The first-order valence-corrected chi connectivity index (χ1v) is 9.07. The van der Waals surface area contributed by atoms with Crippen LogP contribution in [0, 0.1) is 0 Å². The summed E-state index contributed by atoms with van der Waals surface area (Å²) in [6.07, 6.45) is 7.45. The van der Waals surface area contributed by atoms with Gasteiger partial charge in [-0.3, -0.25) is 4.98 Å². The maximum atomic E-state index is 10.1. The molecule has 0 amide bonds. The highest BCUT2D eigenvalue weighted by Gasteiger charge is 2.22. The number of para-hydroxylation sites is 1. The fourth-order valence-corrected chi connectivity index (χ4v) is 3.25. The van der Waals surface area contributed by atoms with Gasteiger partial charge in [0.2, 0.25) is 0 Å². The number of hydrogen-bond donors (Lipinski definition) is 1. The number of phenolic OH excluding ortho intramolecular Hbond substituents is 1. The van der Waals surface area contributed by atoms with E-state index in [1.807, 2.05) is 42.5 Å². The predicted molar refractivity (Wildman–Crippen MR) is 108 cm³/mol. The minimum absolute atomic E-state index is 0.00383. The molecule has 0 saturated heterocycles. The van der Waals surface area contributed by atoms with Crippen LogP contribution >= 0.6 is 0 Å². The summed E-state index contributed by atoms with van der Waals surface area (Å²) >= 11 is 0. The van der Waals surface area contributed by atoms with E-state index < -0.39 is 0 Å². The second-order valence-electron chi connectivity index (χ2n) is 6.50. The summed E-state index contributed by atoms with van der Waals surface area (Å²) in [5, 5.41) is 10.1. The predicted octanol–water partition coefficient (Wildman–Crippen LogP) is 4.64. The van der Waals surface area contributed by atoms with Crippen LogP contribution in [0.1, 0.15) is 24.1 Å². The Morgan fingerprint density at radius 2 is 2.11 bits per heavy atom. The van der Waals surface area contributed by atoms with E-state index in [4.69, 9.17) is 9.47 Å². The number of allylic oxidation sites excluding steroid dienone is 1. The Morgan fingerprint density at radius 3 is 2.85 bits per heavy atom. The molecule has 1 N–H and O–H groups in total. The van der Waals surface area contributed by atoms with E-state index in [2.05, 4.69) is 17.6 Å². The van der Waals surface area contributed by atoms with E-state index >= 15 is 0 Å². The first-order valence-electron chi connectivity index (χ1n) is 9.07. The van der Waals surface area contributed by atoms with Gasteiger partial charge in [-0.15, -0.1) is 0 Å². The first-order chi connectivity index (χ1) is 13.2. The monoisotopic (exact) mass is 363 g/mol. The van der Waals surface area contributed by atoms with Gasteiger partial charge in [0.25, 0.3) is 0 Å². The third-order valence-corrected chi connectivity index (χ3v) is 4.61. The zero-order valence-electron chi connectivity index (χ0n) is 15.6. The van der Waals surface area contributed by atoms with Crippen molar-refractivity contribution in [2.45, 2.75) is 18.9 Å². The third-order valence-electron chi connectivity index (χ3n) is 4.61. The summed E-state index contributed by atoms with van der Waals surface area (Å²) in [6, 6.07) is 13.2. The van der Waals surface area contributed by atoms with E-state index in [1.165, 1.54) is 0 Å². The van der Waals surface area contributed by atoms with Crippen molar-refractivity contribution in [2.75, 3.05) is 20.3 Å². The summed E-state index contributed by atoms with van der Waals surface area (Å²) in [7, 11) is 1.67. The van der Waals surface area contributed by atoms with Crippen molar-refractivity contribution in [1.82, 2.24) is 4.98 Å². The number of aromatic nitrogens is 1. The van der Waals surface area contributed by atoms with Gasteiger partial charge in [-0.25, -0.2) is 0 Å². The van der Waals surface area contributed by atoms with Gasteiger partial charge in [0.05, 0.1) is 25.0 Å². The number of hydrogen-bond acceptors (Lipinski definition) is 4. The van der Waals surface area contributed by atoms with Crippen LogP contribution in [0.15, 0.2) is 72.5 Å². The molecule has 1 aliphatic rings. The van der Waals surface area contributed by atoms with E-state index in [-0.39, 0.29) is 11.9 Å². The average Bonchev–Trinajstić information content (AvgIpc) is 3.16. The molecule has 0 spiro atoms. The van der Waals surface area contributed by atoms with Crippen molar-refractivity contribution in [3.05, 3.63) is 83.7 Å². The van der Waals surface area contributed by atoms with Crippen molar-refractivity contribution in [1.29, 1.82) is 0 Å². The van der Waals surface area contributed by atoms with Crippen LogP contribution in [0.4, 0.5) is 0 Å². The highest BCUT2D eigenvalue weighted by Crippen LogP contribution is 2.30. The van der Waals surface area contributed by atoms with Crippen molar-refractivity contribution >= 4 is 11.6 Å². The van der Waals surface area contributed by atoms with Crippen LogP contribution < -0.4 is 0 Å². The lowest BCUT2D eigenvalue weighted by Gasteiger charge is -2.17. The molecule has 1 atom stereocenters. The molecule has 0 radical (unpaired) electrons. The smallest absolute Gasteiger partial charge is 0.122 e. The van der Waals surface area contributed by atoms with E-state index in [9.17, 15) is 5.11 Å². The first kappa shape index (κ1) is 19.1. The minimum Gasteiger partial charge on any atom is -0.507 e. The van der Waals surface area contributed by atoms with Gasteiger partial charge in [-0.2, -0.15) is 0 Å². The Labute approximate surface area is 160 Å². The van der Waals surface area contributed by atoms with Gasteiger partial charge in [-0.1, -0.05) is 36.9 Å². The van der Waals surface area contributed by atoms with Crippen LogP contribution in [-0.2, 0) is 9.47 Å². The van der Waals surface area contributed by atoms with Crippen molar-refractivity contribution in [3.63, 3.8) is 0 Å². The Kier molecular flexibility index (Phi) is 6.58. The number of phenols is 1. The van der Waals surface area contributed by atoms with Gasteiger partial charge in [-0.05, 0) is 53.8 Å². The Bertz CT molecular complexity index is 840. The zero-order valence-corrected chi connectivity index (χ0v) is 15.6. The molecule has 3 rings (SSSR count). The number of aromatic hydroxyl groups is 1. The summed E-state index contributed by atoms with van der Waals surface area (Å²) in [5.41, 5.74) is 4.83. The molecule has 2 heterocycles. The van der Waals surface area contributed by atoms with Crippen LogP contribution in [-0.4, -0.2) is 36.5 Å². The molecule has 1 unspecified atom stereocenters. The molecule has 27 heavy (non-hydrogen) atoms. The largest absolute Gasteiger partial charge is 0.507 e. The van der Waals surface area contributed by atoms with Crippen LogP contribution in [0.25, 0.3) is 11.6 Å². The molecule has 1 aromatic carbocycles. The Balaban J connectivity index is 1.80. The van der Waals surface area contributed by atoms with Gasteiger partial charge < -0.3 is 14.6 Å². The van der Waals surface area contributed by atoms with Crippen LogP contribution in [0.5, 0.6) is 5.75 Å². The lowest BCUT2D eigenvalue weighted by molar-refractivity contribution is 0.116. The number of pyridine rings is 1. The summed E-state index contributed by atoms with van der Waals surface area (Å²) in [4.78, 5) is 4.49. The molecule has 0 saturated carbocycles. The van der Waals surface area contributed by atoms with Crippen LogP contribution in [0.2, 0.25) is 0 Å². The highest BCUT2D eigenvalue weighted by molar-refractivity contribution is 5.81. The lowest BCUT2D eigenvalue weighted by atomic mass is 9.95. The minimum atomic E-state index is 0.00383. The van der Waals surface area contributed by atoms with Gasteiger partial charge >= 0.3 is 0 Å². The molecule has 4 nitrogen and oxygen atoms in total. The van der Waals surface area contributed by atoms with Crippen LogP contribution in [0.3, 0.4) is 0 Å². The fourth-order valence-electron chi connectivity index (χ4n) is 3.25. The highest BCUT2D eigenvalue weighted by atomic mass is 16.5. The lowest BCUT2D eigenvalue weighted by Crippen LogP contribution is -2.13. The maximum Gasteiger partial charge on any atom is 0.122 e. The zero-order chi connectivity index (χ0) is 19.1. The fraction of sp³-hybridized carbons (Fsp3) is 0.261. The molecule has 0 aliphatic carbocycles. The standard InChI is InChI=1S/C23H25NO3/c1-17(16-26-2)20-12-14-27-23(20)11-10-18(21-8-5-6-13-24-21)15-19-7-3-4-9-22(19)25/h3-9,12-13,15,23,25H,1,10-11,14,16H2,2H3/b18-15-. The number of rotatable bonds is 8.